The zero-order valence-corrected chi connectivity index (χ0v) is 15.9. The molecule has 4 heteroatoms. The van der Waals surface area contributed by atoms with Crippen molar-refractivity contribution in [1.82, 2.24) is 0 Å². The summed E-state index contributed by atoms with van der Waals surface area (Å²) in [7, 11) is 0. The summed E-state index contributed by atoms with van der Waals surface area (Å²) in [5, 5.41) is 8.51. The summed E-state index contributed by atoms with van der Waals surface area (Å²) < 4.78 is 8.25. The first-order valence-corrected chi connectivity index (χ1v) is 9.48. The molecule has 0 saturated carbocycles. The van der Waals surface area contributed by atoms with Gasteiger partial charge in [-0.25, -0.2) is 0 Å². The van der Waals surface area contributed by atoms with Gasteiger partial charge in [-0.1, -0.05) is 70.4 Å². The molecule has 0 aliphatic rings. The molecule has 0 aromatic carbocycles. The van der Waals surface area contributed by atoms with E-state index in [2.05, 4.69) is 19.1 Å². The number of carbonyl (C=O) groups is 1. The second-order valence-corrected chi connectivity index (χ2v) is 5.73. The molecule has 22 heavy (non-hydrogen) atoms. The number of aliphatic carboxylic acids is 1. The fraction of sp³-hybridized carbons (Fsp3) is 0.833. The molecule has 128 valence electrons. The maximum atomic E-state index is 10.3. The van der Waals surface area contributed by atoms with E-state index in [1.54, 1.807) is 0 Å². The Kier molecular flexibility index (Phi) is 25.1. The van der Waals surface area contributed by atoms with E-state index in [1.165, 1.54) is 70.6 Å². The summed E-state index contributed by atoms with van der Waals surface area (Å²) in [6.45, 7) is 2.26. The molecule has 0 spiro atoms. The Morgan fingerprint density at radius 1 is 0.773 bits per heavy atom. The third-order valence-corrected chi connectivity index (χ3v) is 3.65. The van der Waals surface area contributed by atoms with Gasteiger partial charge in [-0.05, 0) is 32.1 Å². The van der Waals surface area contributed by atoms with E-state index in [0.717, 1.165) is 33.2 Å². The molecule has 0 amide bonds. The molecular formula is C18H34O3Ti. The van der Waals surface area contributed by atoms with Crippen LogP contribution >= 0.6 is 0 Å². The first-order chi connectivity index (χ1) is 10.8. The number of allylic oxidation sites excluding steroid dienone is 2. The number of carboxylic acids is 1. The Labute approximate surface area is 148 Å². The molecule has 0 rings (SSSR count). The molecule has 3 nitrogen and oxygen atoms in total. The Bertz CT molecular complexity index is 255. The van der Waals surface area contributed by atoms with E-state index in [9.17, 15) is 4.79 Å². The van der Waals surface area contributed by atoms with Crippen LogP contribution in [-0.4, -0.2) is 11.1 Å². The number of hydrogen-bond donors (Lipinski definition) is 1. The second kappa shape index (κ2) is 23.0. The van der Waals surface area contributed by atoms with Gasteiger partial charge in [0, 0.05) is 6.42 Å². The Hall–Kier alpha value is -0.276. The molecule has 0 saturated heterocycles. The summed E-state index contributed by atoms with van der Waals surface area (Å²) >= 11 is 0.750. The normalized spacial score (nSPS) is 10.4. The standard InChI is InChI=1S/C18H34O2.O.Ti/c1-2-3-4-5-6-7-8-9-10-11-12-13-14-15-16-17-18(19)20;;/h9-10H,2-8,11-17H2,1H3,(H,19,20);;. The number of carboxylic acid groups (broad SMARTS) is 1. The summed E-state index contributed by atoms with van der Waals surface area (Å²) in [4.78, 5) is 10.3. The first-order valence-electron chi connectivity index (χ1n) is 8.84. The second-order valence-electron chi connectivity index (χ2n) is 5.73. The van der Waals surface area contributed by atoms with Gasteiger partial charge in [0.2, 0.25) is 0 Å². The van der Waals surface area contributed by atoms with Gasteiger partial charge < -0.3 is 5.11 Å². The van der Waals surface area contributed by atoms with Crippen LogP contribution in [0.5, 0.6) is 0 Å². The molecule has 0 atom stereocenters. The van der Waals surface area contributed by atoms with Crippen LogP contribution in [0, 0.1) is 0 Å². The van der Waals surface area contributed by atoms with Crippen LogP contribution in [0.2, 0.25) is 0 Å². The molecule has 0 fully saturated rings. The summed E-state index contributed by atoms with van der Waals surface area (Å²) in [6, 6.07) is 0. The van der Waals surface area contributed by atoms with Crippen molar-refractivity contribution >= 4 is 5.97 Å². The first kappa shape index (κ1) is 24.0. The van der Waals surface area contributed by atoms with Crippen molar-refractivity contribution in [3.63, 3.8) is 0 Å². The van der Waals surface area contributed by atoms with E-state index in [4.69, 9.17) is 8.43 Å². The van der Waals surface area contributed by atoms with E-state index >= 15 is 0 Å². The van der Waals surface area contributed by atoms with Gasteiger partial charge in [0.25, 0.3) is 0 Å². The van der Waals surface area contributed by atoms with Crippen molar-refractivity contribution < 1.29 is 33.6 Å². The van der Waals surface area contributed by atoms with Crippen LogP contribution in [0.4, 0.5) is 0 Å². The number of hydrogen-bond acceptors (Lipinski definition) is 2. The quantitative estimate of drug-likeness (QED) is 0.225. The van der Waals surface area contributed by atoms with Crippen LogP contribution in [-0.2, 0) is 28.5 Å². The minimum absolute atomic E-state index is 0.332. The Morgan fingerprint density at radius 2 is 1.18 bits per heavy atom. The molecule has 0 bridgehead atoms. The average Bonchev–Trinajstić information content (AvgIpc) is 2.53. The van der Waals surface area contributed by atoms with Crippen LogP contribution in [0.15, 0.2) is 12.2 Å². The molecule has 0 aliphatic carbocycles. The van der Waals surface area contributed by atoms with Gasteiger partial charge in [-0.2, -0.15) is 0 Å². The van der Waals surface area contributed by atoms with Crippen LogP contribution in [0.1, 0.15) is 96.8 Å². The van der Waals surface area contributed by atoms with Gasteiger partial charge in [0.15, 0.2) is 0 Å². The van der Waals surface area contributed by atoms with Crippen LogP contribution < -0.4 is 0 Å². The minimum atomic E-state index is -0.664. The molecule has 0 aliphatic heterocycles. The average molecular weight is 346 g/mol. The zero-order chi connectivity index (χ0) is 16.9. The van der Waals surface area contributed by atoms with Crippen molar-refractivity contribution in [3.05, 3.63) is 12.2 Å². The summed E-state index contributed by atoms with van der Waals surface area (Å²) in [6.07, 6.45) is 21.2. The topological polar surface area (TPSA) is 54.4 Å². The predicted molar refractivity (Wildman–Crippen MR) is 87.8 cm³/mol. The Morgan fingerprint density at radius 3 is 1.64 bits per heavy atom. The van der Waals surface area contributed by atoms with E-state index in [1.807, 2.05) is 0 Å². The van der Waals surface area contributed by atoms with Crippen molar-refractivity contribution in [1.29, 1.82) is 0 Å². The molecule has 1 N–H and O–H groups in total. The predicted octanol–water partition coefficient (Wildman–Crippen LogP) is 5.99. The van der Waals surface area contributed by atoms with Gasteiger partial charge in [0.1, 0.15) is 0 Å². The van der Waals surface area contributed by atoms with Crippen molar-refractivity contribution in [3.8, 4) is 0 Å². The van der Waals surface area contributed by atoms with Crippen LogP contribution in [0.25, 0.3) is 0 Å². The van der Waals surface area contributed by atoms with Crippen molar-refractivity contribution in [2.24, 2.45) is 0 Å². The molecule has 0 aromatic heterocycles. The maximum absolute atomic E-state index is 10.3. The van der Waals surface area contributed by atoms with Crippen LogP contribution in [0.3, 0.4) is 0 Å². The van der Waals surface area contributed by atoms with Crippen molar-refractivity contribution in [2.75, 3.05) is 0 Å². The molecule has 0 aromatic rings. The monoisotopic (exact) mass is 346 g/mol. The summed E-state index contributed by atoms with van der Waals surface area (Å²) in [5.41, 5.74) is 0. The summed E-state index contributed by atoms with van der Waals surface area (Å²) in [5.74, 6) is -0.664. The van der Waals surface area contributed by atoms with E-state index < -0.39 is 5.97 Å². The van der Waals surface area contributed by atoms with Gasteiger partial charge >= 0.3 is 29.7 Å². The third-order valence-electron chi connectivity index (χ3n) is 3.65. The molecule has 0 unspecified atom stereocenters. The Balaban J connectivity index is 0. The zero-order valence-electron chi connectivity index (χ0n) is 14.3. The molecular weight excluding hydrogens is 312 g/mol. The SMILES string of the molecule is CCCCCCCCC=CCCCCCCCC(=O)O.[O]=[Ti]. The van der Waals surface area contributed by atoms with Gasteiger partial charge in [-0.15, -0.1) is 0 Å². The molecule has 0 heterocycles. The number of rotatable bonds is 15. The third kappa shape index (κ3) is 24.7. The fourth-order valence-electron chi connectivity index (χ4n) is 2.35. The fourth-order valence-corrected chi connectivity index (χ4v) is 2.35. The number of unbranched alkanes of at least 4 members (excludes halogenated alkanes) is 11. The van der Waals surface area contributed by atoms with E-state index in [-0.39, 0.29) is 0 Å². The van der Waals surface area contributed by atoms with E-state index in [0.29, 0.717) is 6.42 Å². The van der Waals surface area contributed by atoms with Gasteiger partial charge in [0.05, 0.1) is 0 Å². The van der Waals surface area contributed by atoms with Crippen molar-refractivity contribution in [2.45, 2.75) is 96.8 Å². The molecule has 0 radical (unpaired) electrons. The van der Waals surface area contributed by atoms with Gasteiger partial charge in [-0.3, -0.25) is 4.79 Å².